The zero-order valence-corrected chi connectivity index (χ0v) is 18.1. The summed E-state index contributed by atoms with van der Waals surface area (Å²) < 4.78 is 10.5. The van der Waals surface area contributed by atoms with E-state index >= 15 is 0 Å². The van der Waals surface area contributed by atoms with Crippen molar-refractivity contribution in [2.24, 2.45) is 0 Å². The Hall–Kier alpha value is -4.24. The second kappa shape index (κ2) is 11.2. The molecule has 0 aliphatic heterocycles. The molecule has 0 heterocycles. The number of anilines is 1. The van der Waals surface area contributed by atoms with Crippen LogP contribution in [-0.4, -0.2) is 25.0 Å². The fraction of sp³-hybridized carbons (Fsp3) is 0.154. The molecule has 0 atom stereocenters. The Balaban J connectivity index is 1.83. The summed E-state index contributed by atoms with van der Waals surface area (Å²) in [4.78, 5) is 14.8. The van der Waals surface area contributed by atoms with Crippen LogP contribution in [0.25, 0.3) is 0 Å². The lowest BCUT2D eigenvalue weighted by molar-refractivity contribution is -0.112. The Labute approximate surface area is 188 Å². The van der Waals surface area contributed by atoms with Crippen molar-refractivity contribution in [1.29, 1.82) is 5.26 Å². The molecule has 162 valence electrons. The van der Waals surface area contributed by atoms with Gasteiger partial charge in [-0.3, -0.25) is 4.79 Å². The number of nitrogens with one attached hydrogen (secondary N) is 1. The van der Waals surface area contributed by atoms with Crippen molar-refractivity contribution in [3.05, 3.63) is 102 Å². The number of ether oxygens (including phenoxy) is 2. The molecular formula is C26H25N3O3. The first kappa shape index (κ1) is 22.4. The smallest absolute Gasteiger partial charge is 0.267 e. The average molecular weight is 428 g/mol. The van der Waals surface area contributed by atoms with Gasteiger partial charge < -0.3 is 19.7 Å². The van der Waals surface area contributed by atoms with Crippen LogP contribution in [0.5, 0.6) is 11.5 Å². The number of methoxy groups -OCH3 is 2. The maximum Gasteiger partial charge on any atom is 0.267 e. The summed E-state index contributed by atoms with van der Waals surface area (Å²) in [6.45, 7) is 1.12. The van der Waals surface area contributed by atoms with E-state index in [0.717, 1.165) is 11.1 Å². The molecule has 0 aliphatic rings. The SMILES string of the molecule is COc1ccc(NC(=O)/C(C#N)=C\N(Cc2ccccc2)Cc2ccccc2)cc1OC. The fourth-order valence-corrected chi connectivity index (χ4v) is 3.22. The number of hydrogen-bond acceptors (Lipinski definition) is 5. The van der Waals surface area contributed by atoms with Crippen molar-refractivity contribution < 1.29 is 14.3 Å². The maximum absolute atomic E-state index is 12.8. The quantitative estimate of drug-likeness (QED) is 0.394. The molecule has 1 amide bonds. The number of carbonyl (C=O) groups is 1. The second-order valence-corrected chi connectivity index (χ2v) is 7.05. The highest BCUT2D eigenvalue weighted by atomic mass is 16.5. The number of amides is 1. The minimum absolute atomic E-state index is 0.00615. The largest absolute Gasteiger partial charge is 0.493 e. The van der Waals surface area contributed by atoms with Gasteiger partial charge in [0.1, 0.15) is 11.6 Å². The summed E-state index contributed by atoms with van der Waals surface area (Å²) in [5.41, 5.74) is 2.67. The Morgan fingerprint density at radius 1 is 0.906 bits per heavy atom. The normalized spacial score (nSPS) is 10.7. The third kappa shape index (κ3) is 6.13. The minimum Gasteiger partial charge on any atom is -0.493 e. The van der Waals surface area contributed by atoms with E-state index in [-0.39, 0.29) is 5.57 Å². The summed E-state index contributed by atoms with van der Waals surface area (Å²) in [7, 11) is 3.07. The molecule has 1 N–H and O–H groups in total. The highest BCUT2D eigenvalue weighted by Gasteiger charge is 2.14. The van der Waals surface area contributed by atoms with Gasteiger partial charge in [0.2, 0.25) is 0 Å². The van der Waals surface area contributed by atoms with Gasteiger partial charge in [0.25, 0.3) is 5.91 Å². The van der Waals surface area contributed by atoms with Crippen LogP contribution in [0.15, 0.2) is 90.6 Å². The Kier molecular flexibility index (Phi) is 7.88. The lowest BCUT2D eigenvalue weighted by Gasteiger charge is -2.21. The van der Waals surface area contributed by atoms with Gasteiger partial charge in [-0.2, -0.15) is 5.26 Å². The van der Waals surface area contributed by atoms with Crippen LogP contribution in [0.2, 0.25) is 0 Å². The molecule has 0 radical (unpaired) electrons. The van der Waals surface area contributed by atoms with Crippen molar-refractivity contribution in [1.82, 2.24) is 4.90 Å². The topological polar surface area (TPSA) is 74.6 Å². The maximum atomic E-state index is 12.8. The van der Waals surface area contributed by atoms with Crippen molar-refractivity contribution in [3.63, 3.8) is 0 Å². The van der Waals surface area contributed by atoms with Gasteiger partial charge in [0.05, 0.1) is 14.2 Å². The van der Waals surface area contributed by atoms with E-state index in [1.807, 2.05) is 71.6 Å². The van der Waals surface area contributed by atoms with Gasteiger partial charge in [-0.15, -0.1) is 0 Å². The molecule has 3 aromatic rings. The van der Waals surface area contributed by atoms with Gasteiger partial charge >= 0.3 is 0 Å². The average Bonchev–Trinajstić information content (AvgIpc) is 2.83. The summed E-state index contributed by atoms with van der Waals surface area (Å²) in [6.07, 6.45) is 1.61. The van der Waals surface area contributed by atoms with E-state index in [9.17, 15) is 10.1 Å². The summed E-state index contributed by atoms with van der Waals surface area (Å²) >= 11 is 0. The van der Waals surface area contributed by atoms with Crippen molar-refractivity contribution >= 4 is 11.6 Å². The fourth-order valence-electron chi connectivity index (χ4n) is 3.22. The first-order valence-electron chi connectivity index (χ1n) is 10.1. The second-order valence-electron chi connectivity index (χ2n) is 7.05. The molecule has 3 aromatic carbocycles. The molecule has 0 saturated heterocycles. The van der Waals surface area contributed by atoms with Gasteiger partial charge in [-0.25, -0.2) is 0 Å². The first-order valence-corrected chi connectivity index (χ1v) is 10.1. The number of nitriles is 1. The van der Waals surface area contributed by atoms with Crippen molar-refractivity contribution in [3.8, 4) is 17.6 Å². The van der Waals surface area contributed by atoms with Gasteiger partial charge in [0.15, 0.2) is 11.5 Å². The zero-order chi connectivity index (χ0) is 22.8. The molecule has 0 aliphatic carbocycles. The molecule has 6 nitrogen and oxygen atoms in total. The third-order valence-electron chi connectivity index (χ3n) is 4.78. The monoisotopic (exact) mass is 427 g/mol. The Morgan fingerprint density at radius 2 is 1.47 bits per heavy atom. The Bertz CT molecular complexity index is 1060. The molecule has 6 heteroatoms. The van der Waals surface area contributed by atoms with E-state index in [0.29, 0.717) is 30.3 Å². The summed E-state index contributed by atoms with van der Waals surface area (Å²) in [5.74, 6) is 0.548. The van der Waals surface area contributed by atoms with Crippen LogP contribution in [0, 0.1) is 11.3 Å². The molecular weight excluding hydrogens is 402 g/mol. The van der Waals surface area contributed by atoms with E-state index < -0.39 is 5.91 Å². The molecule has 0 bridgehead atoms. The standard InChI is InChI=1S/C26H25N3O3/c1-31-24-14-13-23(15-25(24)32-2)28-26(30)22(16-27)19-29(17-20-9-5-3-6-10-20)18-21-11-7-4-8-12-21/h3-15,19H,17-18H2,1-2H3,(H,28,30)/b22-19-. The number of rotatable bonds is 9. The number of nitrogens with zero attached hydrogens (tertiary/aromatic N) is 2. The molecule has 0 saturated carbocycles. The predicted octanol–water partition coefficient (Wildman–Crippen LogP) is 4.75. The first-order chi connectivity index (χ1) is 15.6. The van der Waals surface area contributed by atoms with E-state index in [4.69, 9.17) is 9.47 Å². The Morgan fingerprint density at radius 3 is 1.97 bits per heavy atom. The van der Waals surface area contributed by atoms with Crippen molar-refractivity contribution in [2.45, 2.75) is 13.1 Å². The minimum atomic E-state index is -0.495. The predicted molar refractivity (Wildman–Crippen MR) is 124 cm³/mol. The molecule has 0 fully saturated rings. The lowest BCUT2D eigenvalue weighted by Crippen LogP contribution is -2.21. The van der Waals surface area contributed by atoms with Crippen LogP contribution < -0.4 is 14.8 Å². The van der Waals surface area contributed by atoms with Gasteiger partial charge in [-0.05, 0) is 23.3 Å². The third-order valence-corrected chi connectivity index (χ3v) is 4.78. The van der Waals surface area contributed by atoms with Crippen LogP contribution in [0.3, 0.4) is 0 Å². The summed E-state index contributed by atoms with van der Waals surface area (Å²) in [5, 5.41) is 12.4. The van der Waals surface area contributed by atoms with E-state index in [1.54, 1.807) is 31.5 Å². The number of benzene rings is 3. The molecule has 0 unspecified atom stereocenters. The van der Waals surface area contributed by atoms with E-state index in [1.165, 1.54) is 7.11 Å². The molecule has 32 heavy (non-hydrogen) atoms. The highest BCUT2D eigenvalue weighted by molar-refractivity contribution is 6.06. The van der Waals surface area contributed by atoms with E-state index in [2.05, 4.69) is 5.32 Å². The molecule has 0 aromatic heterocycles. The summed E-state index contributed by atoms with van der Waals surface area (Å²) in [6, 6.07) is 26.9. The van der Waals surface area contributed by atoms with Gasteiger partial charge in [-0.1, -0.05) is 60.7 Å². The molecule has 3 rings (SSSR count). The van der Waals surface area contributed by atoms with Crippen LogP contribution in [0.1, 0.15) is 11.1 Å². The molecule has 0 spiro atoms. The lowest BCUT2D eigenvalue weighted by atomic mass is 10.1. The van der Waals surface area contributed by atoms with Gasteiger partial charge in [0, 0.05) is 31.0 Å². The number of carbonyl (C=O) groups excluding carboxylic acids is 1. The van der Waals surface area contributed by atoms with Crippen molar-refractivity contribution in [2.75, 3.05) is 19.5 Å². The highest BCUT2D eigenvalue weighted by Crippen LogP contribution is 2.29. The van der Waals surface area contributed by atoms with Crippen LogP contribution >= 0.6 is 0 Å². The van der Waals surface area contributed by atoms with Crippen LogP contribution in [-0.2, 0) is 17.9 Å². The zero-order valence-electron chi connectivity index (χ0n) is 18.1. The van der Waals surface area contributed by atoms with Crippen LogP contribution in [0.4, 0.5) is 5.69 Å². The number of hydrogen-bond donors (Lipinski definition) is 1.